The monoisotopic (exact) mass is 446 g/mol. The van der Waals surface area contributed by atoms with Gasteiger partial charge in [0.15, 0.2) is 6.54 Å². The molecule has 0 aliphatic rings. The van der Waals surface area contributed by atoms with Gasteiger partial charge in [0.05, 0.1) is 20.7 Å². The van der Waals surface area contributed by atoms with Crippen LogP contribution in [0.2, 0.25) is 0 Å². The highest BCUT2D eigenvalue weighted by atomic mass is 16.5. The fourth-order valence-corrected chi connectivity index (χ4v) is 4.36. The highest BCUT2D eigenvalue weighted by Crippen LogP contribution is 2.14. The Bertz CT molecular complexity index is 556. The van der Waals surface area contributed by atoms with Crippen LogP contribution in [0, 0.1) is 0 Å². The number of benzene rings is 1. The molecule has 0 fully saturated rings. The molecule has 0 aromatic heterocycles. The van der Waals surface area contributed by atoms with E-state index in [9.17, 15) is 4.79 Å². The summed E-state index contributed by atoms with van der Waals surface area (Å²) in [7, 11) is 4.17. The van der Waals surface area contributed by atoms with E-state index in [4.69, 9.17) is 4.74 Å². The molecule has 0 saturated carbocycles. The second kappa shape index (κ2) is 19.1. The molecule has 0 bridgehead atoms. The Morgan fingerprint density at radius 3 is 1.59 bits per heavy atom. The summed E-state index contributed by atoms with van der Waals surface area (Å²) in [6.07, 6.45) is 21.7. The van der Waals surface area contributed by atoms with Crippen molar-refractivity contribution in [3.05, 3.63) is 35.9 Å². The van der Waals surface area contributed by atoms with Gasteiger partial charge in [-0.2, -0.15) is 0 Å². The molecule has 184 valence electrons. The highest BCUT2D eigenvalue weighted by Gasteiger charge is 2.21. The van der Waals surface area contributed by atoms with Gasteiger partial charge >= 0.3 is 5.97 Å². The summed E-state index contributed by atoms with van der Waals surface area (Å²) in [6, 6.07) is 10.3. The van der Waals surface area contributed by atoms with Crippen molar-refractivity contribution in [2.45, 2.75) is 116 Å². The van der Waals surface area contributed by atoms with Crippen molar-refractivity contribution in [1.82, 2.24) is 0 Å². The van der Waals surface area contributed by atoms with Crippen LogP contribution in [0.3, 0.4) is 0 Å². The van der Waals surface area contributed by atoms with Crippen LogP contribution < -0.4 is 0 Å². The molecule has 0 N–H and O–H groups in total. The summed E-state index contributed by atoms with van der Waals surface area (Å²) in [5, 5.41) is 0. The van der Waals surface area contributed by atoms with Gasteiger partial charge < -0.3 is 9.22 Å². The van der Waals surface area contributed by atoms with Gasteiger partial charge in [0.1, 0.15) is 6.54 Å². The Balaban J connectivity index is 1.86. The van der Waals surface area contributed by atoms with Crippen LogP contribution in [0.25, 0.3) is 0 Å². The first-order chi connectivity index (χ1) is 15.5. The number of carbonyl (C=O) groups excluding carboxylic acids is 1. The van der Waals surface area contributed by atoms with Crippen molar-refractivity contribution in [2.75, 3.05) is 27.2 Å². The van der Waals surface area contributed by atoms with Crippen LogP contribution in [0.5, 0.6) is 0 Å². The van der Waals surface area contributed by atoms with E-state index in [1.807, 2.05) is 18.2 Å². The predicted octanol–water partition coefficient (Wildman–Crippen LogP) is 8.07. The molecule has 0 atom stereocenters. The average Bonchev–Trinajstić information content (AvgIpc) is 2.76. The molecule has 0 aliphatic carbocycles. The zero-order valence-electron chi connectivity index (χ0n) is 21.6. The third kappa shape index (κ3) is 17.2. The Hall–Kier alpha value is -1.35. The molecule has 0 unspecified atom stereocenters. The zero-order valence-corrected chi connectivity index (χ0v) is 21.6. The maximum Gasteiger partial charge on any atom is 0.361 e. The normalized spacial score (nSPS) is 11.6. The molecule has 0 amide bonds. The topological polar surface area (TPSA) is 26.3 Å². The van der Waals surface area contributed by atoms with Gasteiger partial charge in [-0.05, 0) is 6.42 Å². The van der Waals surface area contributed by atoms with E-state index in [-0.39, 0.29) is 5.97 Å². The lowest BCUT2D eigenvalue weighted by atomic mass is 10.0. The minimum Gasteiger partial charge on any atom is -0.462 e. The molecule has 3 heteroatoms. The van der Waals surface area contributed by atoms with E-state index >= 15 is 0 Å². The second-order valence-electron chi connectivity index (χ2n) is 10.3. The maximum atomic E-state index is 12.2. The van der Waals surface area contributed by atoms with Gasteiger partial charge in [-0.25, -0.2) is 4.79 Å². The molecular formula is C29H52NO2+. The highest BCUT2D eigenvalue weighted by molar-refractivity contribution is 5.70. The van der Waals surface area contributed by atoms with Gasteiger partial charge in [-0.3, -0.25) is 0 Å². The van der Waals surface area contributed by atoms with Gasteiger partial charge in [0.2, 0.25) is 0 Å². The fraction of sp³-hybridized carbons (Fsp3) is 0.759. The van der Waals surface area contributed by atoms with E-state index in [1.54, 1.807) is 0 Å². The van der Waals surface area contributed by atoms with Crippen molar-refractivity contribution in [1.29, 1.82) is 0 Å². The first-order valence-electron chi connectivity index (χ1n) is 13.5. The molecule has 0 saturated heterocycles. The average molecular weight is 447 g/mol. The van der Waals surface area contributed by atoms with Crippen LogP contribution in [0.15, 0.2) is 30.3 Å². The van der Waals surface area contributed by atoms with Crippen molar-refractivity contribution >= 4 is 5.97 Å². The number of unbranched alkanes of at least 4 members (excludes halogenated alkanes) is 15. The van der Waals surface area contributed by atoms with E-state index in [2.05, 4.69) is 33.2 Å². The summed E-state index contributed by atoms with van der Waals surface area (Å²) < 4.78 is 6.11. The molecule has 32 heavy (non-hydrogen) atoms. The van der Waals surface area contributed by atoms with Crippen molar-refractivity contribution in [2.24, 2.45) is 0 Å². The first-order valence-corrected chi connectivity index (χ1v) is 13.5. The summed E-state index contributed by atoms with van der Waals surface area (Å²) in [5.74, 6) is -0.0770. The molecule has 1 aromatic rings. The molecule has 0 spiro atoms. The minimum absolute atomic E-state index is 0.0770. The molecular weight excluding hydrogens is 394 g/mol. The smallest absolute Gasteiger partial charge is 0.361 e. The van der Waals surface area contributed by atoms with Gasteiger partial charge in [0, 0.05) is 5.56 Å². The Morgan fingerprint density at radius 2 is 1.12 bits per heavy atom. The zero-order chi connectivity index (χ0) is 23.3. The fourth-order valence-electron chi connectivity index (χ4n) is 4.36. The number of carbonyl (C=O) groups is 1. The summed E-state index contributed by atoms with van der Waals surface area (Å²) >= 11 is 0. The molecule has 0 heterocycles. The van der Waals surface area contributed by atoms with Gasteiger partial charge in [0.25, 0.3) is 0 Å². The number of nitrogens with zero attached hydrogens (tertiary/aromatic N) is 1. The largest absolute Gasteiger partial charge is 0.462 e. The third-order valence-corrected chi connectivity index (χ3v) is 6.27. The Kier molecular flexibility index (Phi) is 17.2. The lowest BCUT2D eigenvalue weighted by Gasteiger charge is -2.28. The maximum absolute atomic E-state index is 12.2. The van der Waals surface area contributed by atoms with E-state index < -0.39 is 0 Å². The first kappa shape index (κ1) is 28.7. The van der Waals surface area contributed by atoms with E-state index in [0.29, 0.717) is 17.6 Å². The van der Waals surface area contributed by atoms with Crippen molar-refractivity contribution in [3.8, 4) is 0 Å². The second-order valence-corrected chi connectivity index (χ2v) is 10.3. The SMILES string of the molecule is CCCCCCCCCCCCCCCCCCOC(=O)C[N+](C)(C)Cc1ccccc1. The van der Waals surface area contributed by atoms with E-state index in [1.165, 1.54) is 102 Å². The van der Waals surface area contributed by atoms with Gasteiger partial charge in [-0.15, -0.1) is 0 Å². The number of likely N-dealkylation sites (N-methyl/N-ethyl adjacent to an activating group) is 1. The van der Waals surface area contributed by atoms with Crippen LogP contribution in [0.4, 0.5) is 0 Å². The molecule has 1 rings (SSSR count). The predicted molar refractivity (Wildman–Crippen MR) is 138 cm³/mol. The number of hydrogen-bond donors (Lipinski definition) is 0. The number of ether oxygens (including phenoxy) is 1. The molecule has 0 aliphatic heterocycles. The van der Waals surface area contributed by atoms with Crippen LogP contribution in [0.1, 0.15) is 115 Å². The quantitative estimate of drug-likeness (QED) is 0.108. The standard InChI is InChI=1S/C29H52NO2/c1-4-5-6-7-8-9-10-11-12-13-14-15-16-17-18-22-25-32-29(31)27-30(2,3)26-28-23-20-19-21-24-28/h19-21,23-24H,4-18,22,25-27H2,1-3H3/q+1. The lowest BCUT2D eigenvalue weighted by molar-refractivity contribution is -0.896. The number of quaternary nitrogens is 1. The van der Waals surface area contributed by atoms with E-state index in [0.717, 1.165) is 13.0 Å². The number of esters is 1. The number of hydrogen-bond acceptors (Lipinski definition) is 2. The Labute approximate surface area is 199 Å². The number of rotatable bonds is 21. The molecule has 1 aromatic carbocycles. The third-order valence-electron chi connectivity index (χ3n) is 6.27. The Morgan fingerprint density at radius 1 is 0.688 bits per heavy atom. The lowest BCUT2D eigenvalue weighted by Crippen LogP contribution is -2.43. The summed E-state index contributed by atoms with van der Waals surface area (Å²) in [6.45, 7) is 4.12. The summed E-state index contributed by atoms with van der Waals surface area (Å²) in [4.78, 5) is 12.2. The molecule has 3 nitrogen and oxygen atoms in total. The van der Waals surface area contributed by atoms with Crippen molar-refractivity contribution < 1.29 is 14.0 Å². The van der Waals surface area contributed by atoms with Crippen molar-refractivity contribution in [3.63, 3.8) is 0 Å². The van der Waals surface area contributed by atoms with Crippen LogP contribution >= 0.6 is 0 Å². The molecule has 0 radical (unpaired) electrons. The summed E-state index contributed by atoms with van der Waals surface area (Å²) in [5.41, 5.74) is 1.25. The van der Waals surface area contributed by atoms with Crippen LogP contribution in [-0.4, -0.2) is 37.7 Å². The minimum atomic E-state index is -0.0770. The van der Waals surface area contributed by atoms with Crippen LogP contribution in [-0.2, 0) is 16.1 Å². The van der Waals surface area contributed by atoms with Gasteiger partial charge in [-0.1, -0.05) is 134 Å².